The molecule has 1 aliphatic carbocycles. The van der Waals surface area contributed by atoms with Crippen LogP contribution < -0.4 is 0 Å². The second-order valence-corrected chi connectivity index (χ2v) is 8.53. The van der Waals surface area contributed by atoms with E-state index < -0.39 is 39.2 Å². The molecule has 1 aromatic rings. The lowest BCUT2D eigenvalue weighted by molar-refractivity contribution is -0.150. The number of carbonyl (C=O) groups is 1. The zero-order valence-electron chi connectivity index (χ0n) is 10.6. The second-order valence-electron chi connectivity index (χ2n) is 5.09. The largest absolute Gasteiger partial charge is 0.460 e. The standard InChI is InChI=1S/C12H12ClF5O2S/c13-12(6-10(7-12)21(14,15,16,17)18)11(19)20-8-9-4-2-1-3-5-9/h1-5,10H,6-8H2. The maximum Gasteiger partial charge on any atom is 0.327 e. The van der Waals surface area contributed by atoms with Crippen LogP contribution in [0.3, 0.4) is 0 Å². The fourth-order valence-electron chi connectivity index (χ4n) is 2.00. The Balaban J connectivity index is 1.94. The minimum absolute atomic E-state index is 0.171. The van der Waals surface area contributed by atoms with Crippen molar-refractivity contribution in [1.29, 1.82) is 0 Å². The van der Waals surface area contributed by atoms with Crippen molar-refractivity contribution < 1.29 is 29.0 Å². The summed E-state index contributed by atoms with van der Waals surface area (Å²) in [4.78, 5) is 9.63. The Morgan fingerprint density at radius 3 is 2.19 bits per heavy atom. The van der Waals surface area contributed by atoms with Crippen molar-refractivity contribution in [1.82, 2.24) is 0 Å². The SMILES string of the molecule is O=C(OCc1ccccc1)C1(Cl)CC(S(F)(F)(F)(F)F)C1. The van der Waals surface area contributed by atoms with Gasteiger partial charge in [0.1, 0.15) is 16.7 Å². The number of ether oxygens (including phenoxy) is 1. The molecule has 0 saturated heterocycles. The number of hydrogen-bond acceptors (Lipinski definition) is 2. The van der Waals surface area contributed by atoms with E-state index in [2.05, 4.69) is 0 Å². The molecule has 1 aromatic carbocycles. The first-order valence-corrected chi connectivity index (χ1v) is 8.32. The Hall–Kier alpha value is -1.02. The molecule has 2 nitrogen and oxygen atoms in total. The summed E-state index contributed by atoms with van der Waals surface area (Å²) in [5.74, 6) is -1.11. The van der Waals surface area contributed by atoms with Gasteiger partial charge in [0.05, 0.1) is 0 Å². The Labute approximate surface area is 122 Å². The zero-order valence-corrected chi connectivity index (χ0v) is 12.2. The van der Waals surface area contributed by atoms with Crippen LogP contribution in [0.15, 0.2) is 30.3 Å². The lowest BCUT2D eigenvalue weighted by atomic mass is 9.84. The van der Waals surface area contributed by atoms with Crippen LogP contribution in [-0.2, 0) is 16.1 Å². The van der Waals surface area contributed by atoms with E-state index in [1.165, 1.54) is 0 Å². The number of hydrogen-bond donors (Lipinski definition) is 0. The maximum absolute atomic E-state index is 12.5. The topological polar surface area (TPSA) is 26.3 Å². The minimum Gasteiger partial charge on any atom is -0.460 e. The molecule has 0 radical (unpaired) electrons. The summed E-state index contributed by atoms with van der Waals surface area (Å²) < 4.78 is 67.3. The number of benzene rings is 1. The van der Waals surface area contributed by atoms with Gasteiger partial charge in [-0.1, -0.05) is 49.8 Å². The van der Waals surface area contributed by atoms with Crippen LogP contribution in [0.25, 0.3) is 0 Å². The molecule has 0 aliphatic heterocycles. The van der Waals surface area contributed by atoms with E-state index in [0.29, 0.717) is 5.56 Å². The van der Waals surface area contributed by atoms with Gasteiger partial charge in [-0.05, 0) is 18.4 Å². The first-order chi connectivity index (χ1) is 9.30. The van der Waals surface area contributed by atoms with Gasteiger partial charge in [0, 0.05) is 0 Å². The van der Waals surface area contributed by atoms with E-state index in [-0.39, 0.29) is 6.61 Å². The summed E-state index contributed by atoms with van der Waals surface area (Å²) in [6.07, 6.45) is -2.31. The average molecular weight is 351 g/mol. The molecule has 9 heteroatoms. The second kappa shape index (κ2) is 4.25. The van der Waals surface area contributed by atoms with E-state index in [1.807, 2.05) is 0 Å². The van der Waals surface area contributed by atoms with E-state index in [4.69, 9.17) is 16.3 Å². The summed E-state index contributed by atoms with van der Waals surface area (Å²) in [7, 11) is -9.59. The van der Waals surface area contributed by atoms with Crippen molar-refractivity contribution in [2.75, 3.05) is 0 Å². The molecular formula is C12H12ClF5O2S. The van der Waals surface area contributed by atoms with Gasteiger partial charge < -0.3 is 4.74 Å². The van der Waals surface area contributed by atoms with Gasteiger partial charge in [-0.25, -0.2) is 0 Å². The number of halogens is 6. The summed E-state index contributed by atoms with van der Waals surface area (Å²) in [5, 5.41) is -2.83. The Morgan fingerprint density at radius 1 is 1.19 bits per heavy atom. The first-order valence-electron chi connectivity index (χ1n) is 5.93. The average Bonchev–Trinajstić information content (AvgIpc) is 2.30. The Morgan fingerprint density at radius 2 is 1.71 bits per heavy atom. The van der Waals surface area contributed by atoms with Crippen LogP contribution in [0.4, 0.5) is 19.4 Å². The molecule has 0 atom stereocenters. The van der Waals surface area contributed by atoms with Crippen LogP contribution in [-0.4, -0.2) is 16.1 Å². The van der Waals surface area contributed by atoms with Gasteiger partial charge in [0.25, 0.3) is 10.2 Å². The third-order valence-corrected chi connectivity index (χ3v) is 5.37. The van der Waals surface area contributed by atoms with Crippen molar-refractivity contribution in [2.45, 2.75) is 29.6 Å². The van der Waals surface area contributed by atoms with Crippen LogP contribution in [0.5, 0.6) is 0 Å². The van der Waals surface area contributed by atoms with E-state index >= 15 is 0 Å². The van der Waals surface area contributed by atoms with Crippen LogP contribution in [0.2, 0.25) is 0 Å². The predicted molar refractivity (Wildman–Crippen MR) is 71.0 cm³/mol. The monoisotopic (exact) mass is 350 g/mol. The number of esters is 1. The molecule has 0 heterocycles. The lowest BCUT2D eigenvalue weighted by Gasteiger charge is -2.55. The summed E-state index contributed by atoms with van der Waals surface area (Å²) >= 11 is 5.66. The molecule has 2 rings (SSSR count). The van der Waals surface area contributed by atoms with Crippen molar-refractivity contribution in [3.8, 4) is 0 Å². The molecule has 0 unspecified atom stereocenters. The van der Waals surface area contributed by atoms with Gasteiger partial charge in [0.15, 0.2) is 0 Å². The summed E-state index contributed by atoms with van der Waals surface area (Å²) in [5.41, 5.74) is 0.620. The van der Waals surface area contributed by atoms with Gasteiger partial charge in [-0.2, -0.15) is 0 Å². The van der Waals surface area contributed by atoms with Crippen LogP contribution in [0.1, 0.15) is 18.4 Å². The highest BCUT2D eigenvalue weighted by atomic mass is 35.5. The highest BCUT2D eigenvalue weighted by Crippen LogP contribution is 3.02. The number of alkyl halides is 1. The third-order valence-electron chi connectivity index (χ3n) is 3.31. The van der Waals surface area contributed by atoms with Crippen molar-refractivity contribution in [2.24, 2.45) is 0 Å². The summed E-state index contributed by atoms with van der Waals surface area (Å²) in [6.45, 7) is -0.171. The Kier molecular flexibility index (Phi) is 3.31. The predicted octanol–water partition coefficient (Wildman–Crippen LogP) is 5.17. The zero-order chi connectivity index (χ0) is 16.0. The summed E-state index contributed by atoms with van der Waals surface area (Å²) in [6, 6.07) is 8.40. The van der Waals surface area contributed by atoms with E-state index in [9.17, 15) is 24.2 Å². The molecule has 120 valence electrons. The Bertz CT molecular complexity index is 554. The normalized spacial score (nSPS) is 29.0. The van der Waals surface area contributed by atoms with Gasteiger partial charge in [0.2, 0.25) is 0 Å². The molecule has 0 amide bonds. The van der Waals surface area contributed by atoms with Gasteiger partial charge in [-0.15, -0.1) is 11.6 Å². The van der Waals surface area contributed by atoms with Crippen molar-refractivity contribution in [3.05, 3.63) is 35.9 Å². The van der Waals surface area contributed by atoms with E-state index in [0.717, 1.165) is 0 Å². The molecule has 21 heavy (non-hydrogen) atoms. The molecule has 1 aliphatic rings. The molecule has 0 spiro atoms. The van der Waals surface area contributed by atoms with Crippen LogP contribution >= 0.6 is 21.8 Å². The maximum atomic E-state index is 12.5. The van der Waals surface area contributed by atoms with Gasteiger partial charge in [-0.3, -0.25) is 4.79 Å². The van der Waals surface area contributed by atoms with Crippen molar-refractivity contribution in [3.63, 3.8) is 0 Å². The van der Waals surface area contributed by atoms with Gasteiger partial charge >= 0.3 is 5.97 Å². The molecular weight excluding hydrogens is 339 g/mol. The fraction of sp³-hybridized carbons (Fsp3) is 0.417. The highest BCUT2D eigenvalue weighted by molar-refractivity contribution is 8.46. The molecule has 0 aromatic heterocycles. The van der Waals surface area contributed by atoms with E-state index in [1.54, 1.807) is 30.3 Å². The highest BCUT2D eigenvalue weighted by Gasteiger charge is 2.76. The van der Waals surface area contributed by atoms with Crippen molar-refractivity contribution >= 4 is 27.8 Å². The van der Waals surface area contributed by atoms with Crippen LogP contribution in [0, 0.1) is 0 Å². The smallest absolute Gasteiger partial charge is 0.327 e. The first kappa shape index (κ1) is 16.4. The quantitative estimate of drug-likeness (QED) is 0.425. The molecule has 1 saturated carbocycles. The number of carbonyl (C=O) groups excluding carboxylic acids is 1. The lowest BCUT2D eigenvalue weighted by Crippen LogP contribution is -2.53. The minimum atomic E-state index is -9.59. The fourth-order valence-corrected chi connectivity index (χ4v) is 3.81. The molecule has 0 N–H and O–H groups in total. The molecule has 1 fully saturated rings. The molecule has 0 bridgehead atoms. The third kappa shape index (κ3) is 3.79. The number of rotatable bonds is 4.